The summed E-state index contributed by atoms with van der Waals surface area (Å²) in [6, 6.07) is 6.32. The van der Waals surface area contributed by atoms with Crippen molar-refractivity contribution in [2.45, 2.75) is 45.1 Å². The molecule has 0 aliphatic heterocycles. The minimum Gasteiger partial charge on any atom is -0.392 e. The van der Waals surface area contributed by atoms with Gasteiger partial charge in [0.05, 0.1) is 6.61 Å². The lowest BCUT2D eigenvalue weighted by atomic mass is 9.91. The second-order valence-electron chi connectivity index (χ2n) is 4.51. The lowest BCUT2D eigenvalue weighted by molar-refractivity contribution is 0.280. The van der Waals surface area contributed by atoms with E-state index in [0.29, 0.717) is 5.92 Å². The van der Waals surface area contributed by atoms with Crippen LogP contribution in [0.25, 0.3) is 0 Å². The van der Waals surface area contributed by atoms with Crippen LogP contribution >= 0.6 is 0 Å². The molecule has 1 fully saturated rings. The molecule has 2 rings (SSSR count). The second kappa shape index (κ2) is 3.74. The first-order valence-electron chi connectivity index (χ1n) is 5.46. The Balaban J connectivity index is 2.47. The Morgan fingerprint density at radius 1 is 1.36 bits per heavy atom. The molecule has 76 valence electrons. The highest BCUT2D eigenvalue weighted by atomic mass is 16.3. The zero-order chi connectivity index (χ0) is 10.1. The van der Waals surface area contributed by atoms with E-state index in [1.807, 2.05) is 0 Å². The predicted octanol–water partition coefficient (Wildman–Crippen LogP) is 3.18. The van der Waals surface area contributed by atoms with Crippen molar-refractivity contribution >= 4 is 0 Å². The molecule has 0 heterocycles. The van der Waals surface area contributed by atoms with Gasteiger partial charge in [-0.1, -0.05) is 32.0 Å². The fourth-order valence-corrected chi connectivity index (χ4v) is 2.14. The van der Waals surface area contributed by atoms with E-state index in [4.69, 9.17) is 0 Å². The molecule has 0 radical (unpaired) electrons. The third-order valence-corrected chi connectivity index (χ3v) is 3.01. The Hall–Kier alpha value is -0.820. The molecule has 0 atom stereocenters. The Labute approximate surface area is 85.8 Å². The topological polar surface area (TPSA) is 20.2 Å². The van der Waals surface area contributed by atoms with Crippen LogP contribution in [-0.4, -0.2) is 5.11 Å². The largest absolute Gasteiger partial charge is 0.392 e. The molecule has 1 saturated carbocycles. The first-order chi connectivity index (χ1) is 6.74. The molecule has 1 aromatic rings. The average molecular weight is 190 g/mol. The number of aliphatic hydroxyl groups is 1. The van der Waals surface area contributed by atoms with Crippen molar-refractivity contribution in [3.8, 4) is 0 Å². The Kier molecular flexibility index (Phi) is 2.60. The van der Waals surface area contributed by atoms with E-state index in [-0.39, 0.29) is 6.61 Å². The van der Waals surface area contributed by atoms with Crippen molar-refractivity contribution in [1.82, 2.24) is 0 Å². The van der Waals surface area contributed by atoms with Crippen LogP contribution in [0.5, 0.6) is 0 Å². The number of rotatable bonds is 3. The Morgan fingerprint density at radius 2 is 2.07 bits per heavy atom. The minimum atomic E-state index is 0.187. The SMILES string of the molecule is CC(C)c1cccc(CO)c1C1CC1. The van der Waals surface area contributed by atoms with Crippen molar-refractivity contribution in [1.29, 1.82) is 0 Å². The molecule has 0 spiro atoms. The van der Waals surface area contributed by atoms with Crippen molar-refractivity contribution in [3.63, 3.8) is 0 Å². The van der Waals surface area contributed by atoms with Crippen LogP contribution in [0.15, 0.2) is 18.2 Å². The average Bonchev–Trinajstić information content (AvgIpc) is 2.99. The quantitative estimate of drug-likeness (QED) is 0.776. The highest BCUT2D eigenvalue weighted by Crippen LogP contribution is 2.44. The standard InChI is InChI=1S/C13H18O/c1-9(2)12-5-3-4-11(8-14)13(12)10-6-7-10/h3-5,9-10,14H,6-8H2,1-2H3. The predicted molar refractivity (Wildman–Crippen MR) is 58.4 cm³/mol. The van der Waals surface area contributed by atoms with E-state index in [0.717, 1.165) is 11.5 Å². The zero-order valence-electron chi connectivity index (χ0n) is 8.96. The molecule has 1 N–H and O–H groups in total. The maximum Gasteiger partial charge on any atom is 0.0684 e. The van der Waals surface area contributed by atoms with Gasteiger partial charge in [0.1, 0.15) is 0 Å². The third-order valence-electron chi connectivity index (χ3n) is 3.01. The van der Waals surface area contributed by atoms with Crippen LogP contribution in [0.2, 0.25) is 0 Å². The van der Waals surface area contributed by atoms with Gasteiger partial charge in [-0.15, -0.1) is 0 Å². The molecule has 0 saturated heterocycles. The lowest BCUT2D eigenvalue weighted by Crippen LogP contribution is -2.00. The number of hydrogen-bond donors (Lipinski definition) is 1. The first-order valence-corrected chi connectivity index (χ1v) is 5.46. The number of hydrogen-bond acceptors (Lipinski definition) is 1. The van der Waals surface area contributed by atoms with Crippen molar-refractivity contribution in [2.24, 2.45) is 0 Å². The fourth-order valence-electron chi connectivity index (χ4n) is 2.14. The van der Waals surface area contributed by atoms with Crippen molar-refractivity contribution < 1.29 is 5.11 Å². The van der Waals surface area contributed by atoms with Crippen LogP contribution in [0.1, 0.15) is 55.2 Å². The molecule has 0 aromatic heterocycles. The van der Waals surface area contributed by atoms with Gasteiger partial charge >= 0.3 is 0 Å². The minimum absolute atomic E-state index is 0.187. The van der Waals surface area contributed by atoms with Crippen LogP contribution < -0.4 is 0 Å². The number of aliphatic hydroxyl groups excluding tert-OH is 1. The summed E-state index contributed by atoms with van der Waals surface area (Å²) in [5, 5.41) is 9.30. The highest BCUT2D eigenvalue weighted by Gasteiger charge is 2.28. The summed E-state index contributed by atoms with van der Waals surface area (Å²) in [6.45, 7) is 4.64. The van der Waals surface area contributed by atoms with Crippen LogP contribution in [-0.2, 0) is 6.61 Å². The van der Waals surface area contributed by atoms with Gasteiger partial charge in [0.2, 0.25) is 0 Å². The van der Waals surface area contributed by atoms with Gasteiger partial charge < -0.3 is 5.11 Å². The van der Waals surface area contributed by atoms with Gasteiger partial charge in [-0.25, -0.2) is 0 Å². The van der Waals surface area contributed by atoms with Gasteiger partial charge in [0.25, 0.3) is 0 Å². The molecule has 1 nitrogen and oxygen atoms in total. The summed E-state index contributed by atoms with van der Waals surface area (Å²) in [5.74, 6) is 1.30. The van der Waals surface area contributed by atoms with Gasteiger partial charge in [-0.2, -0.15) is 0 Å². The number of benzene rings is 1. The zero-order valence-corrected chi connectivity index (χ0v) is 8.96. The molecular weight excluding hydrogens is 172 g/mol. The van der Waals surface area contributed by atoms with Crippen LogP contribution in [0, 0.1) is 0 Å². The summed E-state index contributed by atoms with van der Waals surface area (Å²) < 4.78 is 0. The lowest BCUT2D eigenvalue weighted by Gasteiger charge is -2.15. The Bertz CT molecular complexity index is 324. The molecule has 14 heavy (non-hydrogen) atoms. The van der Waals surface area contributed by atoms with Crippen LogP contribution in [0.4, 0.5) is 0 Å². The van der Waals surface area contributed by atoms with Gasteiger partial charge in [-0.05, 0) is 41.4 Å². The third kappa shape index (κ3) is 1.69. The molecule has 0 unspecified atom stereocenters. The molecule has 1 heteroatoms. The van der Waals surface area contributed by atoms with Crippen molar-refractivity contribution in [3.05, 3.63) is 34.9 Å². The van der Waals surface area contributed by atoms with E-state index in [1.165, 1.54) is 24.0 Å². The first kappa shape index (κ1) is 9.72. The Morgan fingerprint density at radius 3 is 2.57 bits per heavy atom. The summed E-state index contributed by atoms with van der Waals surface area (Å²) in [6.07, 6.45) is 2.60. The monoisotopic (exact) mass is 190 g/mol. The normalized spacial score (nSPS) is 16.3. The maximum atomic E-state index is 9.30. The van der Waals surface area contributed by atoms with E-state index < -0.39 is 0 Å². The summed E-state index contributed by atoms with van der Waals surface area (Å²) in [7, 11) is 0. The van der Waals surface area contributed by atoms with E-state index >= 15 is 0 Å². The molecule has 0 bridgehead atoms. The molecule has 1 aromatic carbocycles. The van der Waals surface area contributed by atoms with Gasteiger partial charge in [-0.3, -0.25) is 0 Å². The molecular formula is C13H18O. The maximum absolute atomic E-state index is 9.30. The van der Waals surface area contributed by atoms with Gasteiger partial charge in [0, 0.05) is 0 Å². The molecule has 1 aliphatic rings. The van der Waals surface area contributed by atoms with E-state index in [2.05, 4.69) is 32.0 Å². The van der Waals surface area contributed by atoms with Crippen molar-refractivity contribution in [2.75, 3.05) is 0 Å². The van der Waals surface area contributed by atoms with E-state index in [9.17, 15) is 5.11 Å². The van der Waals surface area contributed by atoms with Gasteiger partial charge in [0.15, 0.2) is 0 Å². The van der Waals surface area contributed by atoms with Crippen LogP contribution in [0.3, 0.4) is 0 Å². The molecule has 1 aliphatic carbocycles. The van der Waals surface area contributed by atoms with E-state index in [1.54, 1.807) is 0 Å². The molecule has 0 amide bonds. The summed E-state index contributed by atoms with van der Waals surface area (Å²) in [5.41, 5.74) is 4.00. The highest BCUT2D eigenvalue weighted by molar-refractivity contribution is 5.41. The smallest absolute Gasteiger partial charge is 0.0684 e. The summed E-state index contributed by atoms with van der Waals surface area (Å²) >= 11 is 0. The fraction of sp³-hybridized carbons (Fsp3) is 0.538. The summed E-state index contributed by atoms with van der Waals surface area (Å²) in [4.78, 5) is 0. The second-order valence-corrected chi connectivity index (χ2v) is 4.51.